The largest absolute Gasteiger partial charge is 0.504 e. The molecule has 0 amide bonds. The van der Waals surface area contributed by atoms with Crippen LogP contribution in [0.5, 0.6) is 17.2 Å². The van der Waals surface area contributed by atoms with Crippen LogP contribution in [0.2, 0.25) is 0 Å². The van der Waals surface area contributed by atoms with Gasteiger partial charge in [0, 0.05) is 17.5 Å². The number of aromatic hydroxyl groups is 3. The van der Waals surface area contributed by atoms with Crippen molar-refractivity contribution in [2.75, 3.05) is 6.54 Å². The molecule has 0 spiro atoms. The second-order valence-electron chi connectivity index (χ2n) is 4.78. The fourth-order valence-electron chi connectivity index (χ4n) is 2.06. The first kappa shape index (κ1) is 15.9. The third kappa shape index (κ3) is 2.91. The Morgan fingerprint density at radius 3 is 2.75 bits per heavy atom. The van der Waals surface area contributed by atoms with Crippen LogP contribution < -0.4 is 4.80 Å². The molecule has 0 atom stereocenters. The normalized spacial score (nSPS) is 12.3. The Kier molecular flexibility index (Phi) is 4.39. The van der Waals surface area contributed by atoms with Crippen LogP contribution in [-0.4, -0.2) is 32.8 Å². The monoisotopic (exact) mass is 345 g/mol. The lowest BCUT2D eigenvalue weighted by molar-refractivity contribution is 0.367. The van der Waals surface area contributed by atoms with Crippen molar-refractivity contribution >= 4 is 17.6 Å². The molecule has 0 fully saturated rings. The number of hydrogen-bond acceptors (Lipinski definition) is 7. The van der Waals surface area contributed by atoms with E-state index in [1.165, 1.54) is 29.7 Å². The summed E-state index contributed by atoms with van der Waals surface area (Å²) in [6.07, 6.45) is 2.95. The van der Waals surface area contributed by atoms with Gasteiger partial charge >= 0.3 is 0 Å². The number of aromatic nitrogens is 1. The van der Waals surface area contributed by atoms with E-state index < -0.39 is 17.2 Å². The maximum Gasteiger partial charge on any atom is 0.206 e. The summed E-state index contributed by atoms with van der Waals surface area (Å²) >= 11 is 1.41. The molecule has 124 valence electrons. The van der Waals surface area contributed by atoms with Crippen molar-refractivity contribution in [3.63, 3.8) is 0 Å². The fourth-order valence-corrected chi connectivity index (χ4v) is 2.94. The first-order valence-corrected chi connectivity index (χ1v) is 8.03. The lowest BCUT2D eigenvalue weighted by Crippen LogP contribution is -2.12. The lowest BCUT2D eigenvalue weighted by Gasteiger charge is -2.04. The SMILES string of the molecule is CCN=c1scc(-c2ccco2)n1N=Cc1ccc(O)c(O)c1O. The van der Waals surface area contributed by atoms with Crippen LogP contribution >= 0.6 is 11.3 Å². The van der Waals surface area contributed by atoms with Gasteiger partial charge in [-0.05, 0) is 31.2 Å². The van der Waals surface area contributed by atoms with Crippen LogP contribution in [0.15, 0.2) is 50.4 Å². The molecule has 0 saturated carbocycles. The van der Waals surface area contributed by atoms with Gasteiger partial charge < -0.3 is 19.7 Å². The summed E-state index contributed by atoms with van der Waals surface area (Å²) in [5, 5.41) is 35.1. The van der Waals surface area contributed by atoms with E-state index in [1.807, 2.05) is 18.4 Å². The van der Waals surface area contributed by atoms with Crippen LogP contribution in [0.3, 0.4) is 0 Å². The van der Waals surface area contributed by atoms with Gasteiger partial charge in [-0.25, -0.2) is 4.68 Å². The Morgan fingerprint density at radius 1 is 1.21 bits per heavy atom. The van der Waals surface area contributed by atoms with Crippen molar-refractivity contribution in [2.24, 2.45) is 10.1 Å². The molecular formula is C16H15N3O4S. The van der Waals surface area contributed by atoms with E-state index in [1.54, 1.807) is 17.0 Å². The lowest BCUT2D eigenvalue weighted by atomic mass is 10.2. The van der Waals surface area contributed by atoms with Crippen LogP contribution in [0.4, 0.5) is 0 Å². The van der Waals surface area contributed by atoms with Crippen molar-refractivity contribution in [2.45, 2.75) is 6.92 Å². The molecule has 0 bridgehead atoms. The van der Waals surface area contributed by atoms with Gasteiger partial charge in [-0.15, -0.1) is 11.3 Å². The summed E-state index contributed by atoms with van der Waals surface area (Å²) in [6.45, 7) is 2.52. The predicted octanol–water partition coefficient (Wildman–Crippen LogP) is 2.73. The molecule has 24 heavy (non-hydrogen) atoms. The summed E-state index contributed by atoms with van der Waals surface area (Å²) in [4.78, 5) is 5.05. The quantitative estimate of drug-likeness (QED) is 0.499. The maximum absolute atomic E-state index is 9.88. The Balaban J connectivity index is 2.08. The van der Waals surface area contributed by atoms with E-state index in [9.17, 15) is 15.3 Å². The number of rotatable bonds is 4. The fraction of sp³-hybridized carbons (Fsp3) is 0.125. The van der Waals surface area contributed by atoms with Crippen molar-refractivity contribution in [1.29, 1.82) is 0 Å². The highest BCUT2D eigenvalue weighted by Crippen LogP contribution is 2.36. The number of thiazole rings is 1. The summed E-state index contributed by atoms with van der Waals surface area (Å²) in [6, 6.07) is 6.32. The molecule has 0 aliphatic rings. The van der Waals surface area contributed by atoms with Crippen molar-refractivity contribution in [1.82, 2.24) is 4.68 Å². The van der Waals surface area contributed by atoms with E-state index in [0.717, 1.165) is 5.69 Å². The number of benzene rings is 1. The topological polar surface area (TPSA) is 103 Å². The molecule has 2 aromatic heterocycles. The molecule has 1 aromatic carbocycles. The molecule has 2 heterocycles. The van der Waals surface area contributed by atoms with E-state index in [4.69, 9.17) is 4.42 Å². The number of phenols is 3. The first-order valence-electron chi connectivity index (χ1n) is 7.15. The van der Waals surface area contributed by atoms with Gasteiger partial charge in [-0.2, -0.15) is 5.10 Å². The molecule has 7 nitrogen and oxygen atoms in total. The van der Waals surface area contributed by atoms with Gasteiger partial charge in [0.15, 0.2) is 17.3 Å². The van der Waals surface area contributed by atoms with E-state index in [-0.39, 0.29) is 5.56 Å². The van der Waals surface area contributed by atoms with Crippen LogP contribution in [0.25, 0.3) is 11.5 Å². The van der Waals surface area contributed by atoms with Crippen LogP contribution in [0.1, 0.15) is 12.5 Å². The molecule has 0 aliphatic carbocycles. The van der Waals surface area contributed by atoms with E-state index in [0.29, 0.717) is 17.1 Å². The molecule has 3 aromatic rings. The average molecular weight is 345 g/mol. The second kappa shape index (κ2) is 6.63. The highest BCUT2D eigenvalue weighted by molar-refractivity contribution is 7.07. The van der Waals surface area contributed by atoms with Gasteiger partial charge in [-0.3, -0.25) is 4.99 Å². The highest BCUT2D eigenvalue weighted by atomic mass is 32.1. The van der Waals surface area contributed by atoms with Gasteiger partial charge in [0.25, 0.3) is 0 Å². The van der Waals surface area contributed by atoms with Gasteiger partial charge in [-0.1, -0.05) is 0 Å². The second-order valence-corrected chi connectivity index (χ2v) is 5.62. The van der Waals surface area contributed by atoms with Gasteiger partial charge in [0.05, 0.1) is 12.5 Å². The predicted molar refractivity (Wildman–Crippen MR) is 90.5 cm³/mol. The van der Waals surface area contributed by atoms with E-state index >= 15 is 0 Å². The Hall–Kier alpha value is -3.00. The molecule has 0 unspecified atom stereocenters. The third-order valence-electron chi connectivity index (χ3n) is 3.23. The highest BCUT2D eigenvalue weighted by Gasteiger charge is 2.12. The summed E-state index contributed by atoms with van der Waals surface area (Å²) in [5.74, 6) is -0.786. The zero-order chi connectivity index (χ0) is 17.1. The minimum absolute atomic E-state index is 0.261. The standard InChI is InChI=1S/C16H15N3O4S/c1-2-17-16-19(11(9-24-16)13-4-3-7-23-13)18-8-10-5-6-12(20)15(22)14(10)21/h3-9,20-22H,2H2,1H3. The van der Waals surface area contributed by atoms with Crippen molar-refractivity contribution in [3.8, 4) is 28.7 Å². The third-order valence-corrected chi connectivity index (χ3v) is 4.08. The first-order chi connectivity index (χ1) is 11.6. The molecular weight excluding hydrogens is 330 g/mol. The minimum atomic E-state index is -0.584. The van der Waals surface area contributed by atoms with E-state index in [2.05, 4.69) is 10.1 Å². The van der Waals surface area contributed by atoms with Gasteiger partial charge in [0.1, 0.15) is 5.69 Å². The average Bonchev–Trinajstić information content (AvgIpc) is 3.22. The number of furan rings is 1. The molecule has 0 aliphatic heterocycles. The van der Waals surface area contributed by atoms with Gasteiger partial charge in [0.2, 0.25) is 10.6 Å². The number of phenolic OH excluding ortho intramolecular Hbond substituents is 3. The van der Waals surface area contributed by atoms with Crippen LogP contribution in [0, 0.1) is 0 Å². The maximum atomic E-state index is 9.88. The molecule has 3 N–H and O–H groups in total. The van der Waals surface area contributed by atoms with Crippen LogP contribution in [-0.2, 0) is 0 Å². The molecule has 0 saturated heterocycles. The summed E-state index contributed by atoms with van der Waals surface area (Å²) < 4.78 is 7.00. The number of nitrogens with zero attached hydrogens (tertiary/aromatic N) is 3. The zero-order valence-electron chi connectivity index (χ0n) is 12.7. The molecule has 8 heteroatoms. The Morgan fingerprint density at radius 2 is 2.04 bits per heavy atom. The summed E-state index contributed by atoms with van der Waals surface area (Å²) in [5.41, 5.74) is 0.979. The molecule has 3 rings (SSSR count). The van der Waals surface area contributed by atoms with Crippen molar-refractivity contribution in [3.05, 3.63) is 46.3 Å². The minimum Gasteiger partial charge on any atom is -0.504 e. The molecule has 0 radical (unpaired) electrons. The summed E-state index contributed by atoms with van der Waals surface area (Å²) in [7, 11) is 0. The number of hydrogen-bond donors (Lipinski definition) is 3. The Labute approximate surface area is 141 Å². The zero-order valence-corrected chi connectivity index (χ0v) is 13.6. The van der Waals surface area contributed by atoms with Crippen molar-refractivity contribution < 1.29 is 19.7 Å². The Bertz CT molecular complexity index is 939. The smallest absolute Gasteiger partial charge is 0.206 e.